The third-order valence-electron chi connectivity index (χ3n) is 4.28. The van der Waals surface area contributed by atoms with E-state index in [1.807, 2.05) is 38.1 Å². The number of hydrogen-bond donors (Lipinski definition) is 2. The van der Waals surface area contributed by atoms with Crippen LogP contribution in [0.5, 0.6) is 0 Å². The van der Waals surface area contributed by atoms with Crippen molar-refractivity contribution in [3.63, 3.8) is 0 Å². The van der Waals surface area contributed by atoms with Crippen LogP contribution in [0, 0.1) is 0 Å². The number of likely N-dealkylation sites (N-methyl/N-ethyl adjacent to an activating group) is 1. The van der Waals surface area contributed by atoms with Crippen LogP contribution in [0.3, 0.4) is 0 Å². The normalized spacial score (nSPS) is 20.6. The molecule has 1 aromatic heterocycles. The maximum absolute atomic E-state index is 12.5. The van der Waals surface area contributed by atoms with Gasteiger partial charge in [-0.1, -0.05) is 0 Å². The minimum absolute atomic E-state index is 0.00855. The lowest BCUT2D eigenvalue weighted by atomic mass is 10.2. The van der Waals surface area contributed by atoms with Gasteiger partial charge in [-0.3, -0.25) is 14.8 Å². The second kappa shape index (κ2) is 9.27. The van der Waals surface area contributed by atoms with E-state index in [4.69, 9.17) is 4.42 Å². The number of alkyl halides is 3. The second-order valence-electron chi connectivity index (χ2n) is 6.69. The molecule has 2 N–H and O–H groups in total. The van der Waals surface area contributed by atoms with E-state index in [-0.39, 0.29) is 12.1 Å². The van der Waals surface area contributed by atoms with Crippen LogP contribution in [-0.2, 0) is 0 Å². The molecule has 148 valence electrons. The lowest BCUT2D eigenvalue weighted by Crippen LogP contribution is -2.45. The molecule has 1 aromatic rings. The Bertz CT molecular complexity index is 559. The van der Waals surface area contributed by atoms with E-state index in [0.29, 0.717) is 38.6 Å². The molecule has 2 unspecified atom stereocenters. The van der Waals surface area contributed by atoms with Crippen molar-refractivity contribution in [2.45, 2.75) is 31.6 Å². The quantitative estimate of drug-likeness (QED) is 0.565. The van der Waals surface area contributed by atoms with Crippen LogP contribution in [0.1, 0.15) is 25.1 Å². The molecule has 0 bridgehead atoms. The van der Waals surface area contributed by atoms with Crippen molar-refractivity contribution < 1.29 is 17.6 Å². The molecule has 2 rings (SSSR count). The van der Waals surface area contributed by atoms with Gasteiger partial charge in [0.05, 0.1) is 25.4 Å². The lowest BCUT2D eigenvalue weighted by Gasteiger charge is -2.22. The van der Waals surface area contributed by atoms with Gasteiger partial charge in [0, 0.05) is 25.7 Å². The highest BCUT2D eigenvalue weighted by Gasteiger charge is 2.34. The van der Waals surface area contributed by atoms with Gasteiger partial charge in [-0.25, -0.2) is 0 Å². The molecule has 0 amide bonds. The summed E-state index contributed by atoms with van der Waals surface area (Å²) in [6.45, 7) is 3.05. The van der Waals surface area contributed by atoms with Gasteiger partial charge in [0.15, 0.2) is 5.96 Å². The lowest BCUT2D eigenvalue weighted by molar-refractivity contribution is -0.143. The zero-order valence-electron chi connectivity index (χ0n) is 15.5. The first-order chi connectivity index (χ1) is 12.3. The van der Waals surface area contributed by atoms with Crippen LogP contribution in [0.2, 0.25) is 0 Å². The summed E-state index contributed by atoms with van der Waals surface area (Å²) in [4.78, 5) is 8.05. The van der Waals surface area contributed by atoms with E-state index in [0.717, 1.165) is 5.76 Å². The largest absolute Gasteiger partial charge is 0.468 e. The van der Waals surface area contributed by atoms with Crippen LogP contribution in [0.25, 0.3) is 0 Å². The van der Waals surface area contributed by atoms with Gasteiger partial charge in [-0.05, 0) is 39.6 Å². The average Bonchev–Trinajstić information content (AvgIpc) is 3.18. The number of furan rings is 1. The molecule has 0 aromatic carbocycles. The molecular formula is C17H28F3N5O. The van der Waals surface area contributed by atoms with Crippen molar-refractivity contribution in [1.82, 2.24) is 20.4 Å². The Morgan fingerprint density at radius 2 is 2.23 bits per heavy atom. The van der Waals surface area contributed by atoms with Gasteiger partial charge >= 0.3 is 6.18 Å². The van der Waals surface area contributed by atoms with Gasteiger partial charge in [0.2, 0.25) is 0 Å². The van der Waals surface area contributed by atoms with Crippen molar-refractivity contribution in [2.75, 3.05) is 46.8 Å². The summed E-state index contributed by atoms with van der Waals surface area (Å²) >= 11 is 0. The highest BCUT2D eigenvalue weighted by atomic mass is 19.4. The summed E-state index contributed by atoms with van der Waals surface area (Å²) in [7, 11) is 3.91. The molecule has 1 fully saturated rings. The van der Waals surface area contributed by atoms with Gasteiger partial charge in [0.1, 0.15) is 5.76 Å². The maximum Gasteiger partial charge on any atom is 0.401 e. The number of guanidine groups is 1. The standard InChI is InChI=1S/C17H28F3N5O/c1-4-21-16(22-10-14(24(2)3)15-6-5-9-26-15)23-13-7-8-25(11-13)12-17(18,19)20/h5-6,9,13-14H,4,7-8,10-12H2,1-3H3,(H2,21,22,23). The van der Waals surface area contributed by atoms with E-state index in [1.165, 1.54) is 4.90 Å². The molecule has 0 spiro atoms. The molecule has 6 nitrogen and oxygen atoms in total. The van der Waals surface area contributed by atoms with E-state index < -0.39 is 12.7 Å². The predicted octanol–water partition coefficient (Wildman–Crippen LogP) is 2.07. The Kier molecular flexibility index (Phi) is 7.33. The molecule has 1 saturated heterocycles. The first-order valence-electron chi connectivity index (χ1n) is 8.82. The summed E-state index contributed by atoms with van der Waals surface area (Å²) in [6, 6.07) is 3.70. The van der Waals surface area contributed by atoms with Crippen molar-refractivity contribution in [3.8, 4) is 0 Å². The van der Waals surface area contributed by atoms with E-state index in [2.05, 4.69) is 15.6 Å². The van der Waals surface area contributed by atoms with Crippen molar-refractivity contribution in [1.29, 1.82) is 0 Å². The SMILES string of the molecule is CCNC(=NCC(c1ccco1)N(C)C)NC1CCN(CC(F)(F)F)C1. The zero-order valence-corrected chi connectivity index (χ0v) is 15.5. The number of rotatable bonds is 7. The summed E-state index contributed by atoms with van der Waals surface area (Å²) < 4.78 is 43.1. The Morgan fingerprint density at radius 3 is 2.81 bits per heavy atom. The first-order valence-corrected chi connectivity index (χ1v) is 8.82. The molecule has 0 radical (unpaired) electrons. The topological polar surface area (TPSA) is 56.0 Å². The smallest absolute Gasteiger partial charge is 0.401 e. The monoisotopic (exact) mass is 375 g/mol. The summed E-state index contributed by atoms with van der Waals surface area (Å²) in [5, 5.41) is 6.41. The molecule has 26 heavy (non-hydrogen) atoms. The molecule has 0 saturated carbocycles. The third kappa shape index (κ3) is 6.53. The summed E-state index contributed by atoms with van der Waals surface area (Å²) in [5.74, 6) is 1.44. The molecule has 2 heterocycles. The number of nitrogens with zero attached hydrogens (tertiary/aromatic N) is 3. The molecule has 2 atom stereocenters. The third-order valence-corrected chi connectivity index (χ3v) is 4.28. The van der Waals surface area contributed by atoms with Crippen LogP contribution >= 0.6 is 0 Å². The molecule has 0 aliphatic carbocycles. The first kappa shape index (κ1) is 20.6. The fourth-order valence-corrected chi connectivity index (χ4v) is 3.03. The molecular weight excluding hydrogens is 347 g/mol. The van der Waals surface area contributed by atoms with Gasteiger partial charge < -0.3 is 15.1 Å². The Hall–Kier alpha value is -1.74. The van der Waals surface area contributed by atoms with E-state index in [9.17, 15) is 13.2 Å². The fourth-order valence-electron chi connectivity index (χ4n) is 3.03. The van der Waals surface area contributed by atoms with Crippen LogP contribution in [-0.4, -0.2) is 74.8 Å². The van der Waals surface area contributed by atoms with Gasteiger partial charge in [0.25, 0.3) is 0 Å². The molecule has 1 aliphatic heterocycles. The fraction of sp³-hybridized carbons (Fsp3) is 0.706. The van der Waals surface area contributed by atoms with Crippen LogP contribution < -0.4 is 10.6 Å². The zero-order chi connectivity index (χ0) is 19.2. The number of halogens is 3. The Morgan fingerprint density at radius 1 is 1.46 bits per heavy atom. The van der Waals surface area contributed by atoms with E-state index in [1.54, 1.807) is 6.26 Å². The maximum atomic E-state index is 12.5. The van der Waals surface area contributed by atoms with Gasteiger partial charge in [-0.15, -0.1) is 0 Å². The molecule has 1 aliphatic rings. The minimum Gasteiger partial charge on any atom is -0.468 e. The number of nitrogens with one attached hydrogen (secondary N) is 2. The van der Waals surface area contributed by atoms with E-state index >= 15 is 0 Å². The average molecular weight is 375 g/mol. The van der Waals surface area contributed by atoms with Crippen LogP contribution in [0.4, 0.5) is 13.2 Å². The second-order valence-corrected chi connectivity index (χ2v) is 6.69. The number of aliphatic imine (C=N–C) groups is 1. The summed E-state index contributed by atoms with van der Waals surface area (Å²) in [5.41, 5.74) is 0. The number of likely N-dealkylation sites (tertiary alicyclic amines) is 1. The highest BCUT2D eigenvalue weighted by Crippen LogP contribution is 2.20. The van der Waals surface area contributed by atoms with Crippen molar-refractivity contribution in [2.24, 2.45) is 4.99 Å². The van der Waals surface area contributed by atoms with Crippen molar-refractivity contribution in [3.05, 3.63) is 24.2 Å². The summed E-state index contributed by atoms with van der Waals surface area (Å²) in [6.07, 6.45) is -1.86. The Labute approximate surface area is 152 Å². The van der Waals surface area contributed by atoms with Crippen molar-refractivity contribution >= 4 is 5.96 Å². The molecule has 9 heteroatoms. The van der Waals surface area contributed by atoms with Crippen LogP contribution in [0.15, 0.2) is 27.8 Å². The number of hydrogen-bond acceptors (Lipinski definition) is 4. The minimum atomic E-state index is -4.16. The Balaban J connectivity index is 1.94. The predicted molar refractivity (Wildman–Crippen MR) is 95.2 cm³/mol. The van der Waals surface area contributed by atoms with Gasteiger partial charge in [-0.2, -0.15) is 13.2 Å². The highest BCUT2D eigenvalue weighted by molar-refractivity contribution is 5.80.